The largest absolute Gasteiger partial charge is 0.412 e. The maximum absolute atomic E-state index is 6.03. The predicted octanol–water partition coefficient (Wildman–Crippen LogP) is 4.27. The molecule has 1 heterocycles. The summed E-state index contributed by atoms with van der Waals surface area (Å²) in [6.07, 6.45) is 2.59. The Labute approximate surface area is 92.2 Å². The van der Waals surface area contributed by atoms with E-state index in [-0.39, 0.29) is 0 Å². The number of hydrogen-bond acceptors (Lipinski definition) is 2. The zero-order valence-corrected chi connectivity index (χ0v) is 11.2. The first-order chi connectivity index (χ1) is 6.64. The van der Waals surface area contributed by atoms with Crippen molar-refractivity contribution in [3.05, 3.63) is 22.4 Å². The summed E-state index contributed by atoms with van der Waals surface area (Å²) in [5.74, 6) is 0. The van der Waals surface area contributed by atoms with Crippen LogP contribution < -0.4 is 0 Å². The van der Waals surface area contributed by atoms with Gasteiger partial charge in [0, 0.05) is 4.88 Å². The maximum atomic E-state index is 6.03. The second-order valence-electron chi connectivity index (χ2n) is 4.23. The van der Waals surface area contributed by atoms with Gasteiger partial charge in [0.15, 0.2) is 8.32 Å². The first-order valence-electron chi connectivity index (χ1n) is 5.30. The molecule has 0 atom stereocenters. The average Bonchev–Trinajstić information content (AvgIpc) is 2.64. The van der Waals surface area contributed by atoms with Gasteiger partial charge in [-0.2, -0.15) is 0 Å². The third-order valence-electron chi connectivity index (χ3n) is 2.32. The van der Waals surface area contributed by atoms with Crippen LogP contribution in [0.5, 0.6) is 0 Å². The lowest BCUT2D eigenvalue weighted by atomic mass is 10.4. The van der Waals surface area contributed by atoms with Crippen LogP contribution in [0.25, 0.3) is 0 Å². The Bertz CT molecular complexity index is 244. The van der Waals surface area contributed by atoms with E-state index in [1.165, 1.54) is 23.8 Å². The molecule has 0 bridgehead atoms. The van der Waals surface area contributed by atoms with Crippen molar-refractivity contribution >= 4 is 19.7 Å². The predicted molar refractivity (Wildman–Crippen MR) is 66.3 cm³/mol. The Hall–Kier alpha value is -0.123. The third-order valence-corrected chi connectivity index (χ3v) is 5.65. The summed E-state index contributed by atoms with van der Waals surface area (Å²) in [6.45, 7) is 7.69. The molecule has 80 valence electrons. The number of hydrogen-bond donors (Lipinski definition) is 0. The first-order valence-corrected chi connectivity index (χ1v) is 9.30. The van der Waals surface area contributed by atoms with Crippen molar-refractivity contribution in [3.8, 4) is 0 Å². The standard InChI is InChI=1S/C11H20OSSi/c1-4-5-9-14(2,3)12-10-11-7-6-8-13-11/h6-8H,4-5,9-10H2,1-3H3. The van der Waals surface area contributed by atoms with Crippen molar-refractivity contribution in [3.63, 3.8) is 0 Å². The highest BCUT2D eigenvalue weighted by Gasteiger charge is 2.21. The molecule has 3 heteroatoms. The Kier molecular flexibility index (Phi) is 4.85. The van der Waals surface area contributed by atoms with Crippen molar-refractivity contribution in [1.82, 2.24) is 0 Å². The van der Waals surface area contributed by atoms with Gasteiger partial charge in [0.2, 0.25) is 0 Å². The van der Waals surface area contributed by atoms with E-state index in [1.807, 2.05) is 0 Å². The van der Waals surface area contributed by atoms with Gasteiger partial charge in [0.1, 0.15) is 0 Å². The Morgan fingerprint density at radius 3 is 2.79 bits per heavy atom. The molecule has 0 aliphatic heterocycles. The summed E-state index contributed by atoms with van der Waals surface area (Å²) in [5, 5.41) is 2.11. The molecule has 1 aromatic heterocycles. The van der Waals surface area contributed by atoms with Gasteiger partial charge in [-0.05, 0) is 30.6 Å². The van der Waals surface area contributed by atoms with E-state index >= 15 is 0 Å². The van der Waals surface area contributed by atoms with Crippen LogP contribution in [-0.2, 0) is 11.0 Å². The summed E-state index contributed by atoms with van der Waals surface area (Å²) in [4.78, 5) is 1.35. The van der Waals surface area contributed by atoms with Crippen molar-refractivity contribution in [2.45, 2.75) is 45.5 Å². The molecule has 1 rings (SSSR count). The van der Waals surface area contributed by atoms with Crippen molar-refractivity contribution in [1.29, 1.82) is 0 Å². The Morgan fingerprint density at radius 1 is 1.43 bits per heavy atom. The topological polar surface area (TPSA) is 9.23 Å². The lowest BCUT2D eigenvalue weighted by Gasteiger charge is -2.22. The van der Waals surface area contributed by atoms with E-state index in [9.17, 15) is 0 Å². The highest BCUT2D eigenvalue weighted by Crippen LogP contribution is 2.18. The molecule has 0 aliphatic rings. The first kappa shape index (κ1) is 11.9. The molecule has 0 spiro atoms. The fraction of sp³-hybridized carbons (Fsp3) is 0.636. The molecular formula is C11H20OSSi. The normalized spacial score (nSPS) is 11.9. The van der Waals surface area contributed by atoms with Crippen molar-refractivity contribution in [2.24, 2.45) is 0 Å². The molecule has 0 amide bonds. The van der Waals surface area contributed by atoms with E-state index in [0.717, 1.165) is 6.61 Å². The third kappa shape index (κ3) is 4.40. The summed E-state index contributed by atoms with van der Waals surface area (Å²) in [5.41, 5.74) is 0. The van der Waals surface area contributed by atoms with Crippen molar-refractivity contribution in [2.75, 3.05) is 0 Å². The molecule has 0 radical (unpaired) electrons. The van der Waals surface area contributed by atoms with E-state index in [2.05, 4.69) is 37.5 Å². The number of unbranched alkanes of at least 4 members (excludes halogenated alkanes) is 1. The van der Waals surface area contributed by atoms with Gasteiger partial charge in [-0.15, -0.1) is 11.3 Å². The van der Waals surface area contributed by atoms with Crippen LogP contribution in [0.4, 0.5) is 0 Å². The minimum Gasteiger partial charge on any atom is -0.412 e. The van der Waals surface area contributed by atoms with Crippen LogP contribution in [-0.4, -0.2) is 8.32 Å². The molecule has 0 N–H and O–H groups in total. The van der Waals surface area contributed by atoms with Crippen LogP contribution in [0, 0.1) is 0 Å². The molecule has 0 aliphatic carbocycles. The second-order valence-corrected chi connectivity index (χ2v) is 9.57. The van der Waals surface area contributed by atoms with Crippen LogP contribution in [0.3, 0.4) is 0 Å². The molecule has 0 fully saturated rings. The van der Waals surface area contributed by atoms with Gasteiger partial charge in [-0.25, -0.2) is 0 Å². The SMILES string of the molecule is CCCC[Si](C)(C)OCc1cccs1. The Balaban J connectivity index is 2.28. The summed E-state index contributed by atoms with van der Waals surface area (Å²) < 4.78 is 6.03. The zero-order chi connectivity index (χ0) is 10.4. The van der Waals surface area contributed by atoms with E-state index in [4.69, 9.17) is 4.43 Å². The van der Waals surface area contributed by atoms with Crippen molar-refractivity contribution < 1.29 is 4.43 Å². The quantitative estimate of drug-likeness (QED) is 0.661. The molecule has 1 nitrogen and oxygen atoms in total. The van der Waals surface area contributed by atoms with E-state index in [0.29, 0.717) is 0 Å². The average molecular weight is 228 g/mol. The lowest BCUT2D eigenvalue weighted by molar-refractivity contribution is 0.297. The summed E-state index contributed by atoms with van der Waals surface area (Å²) in [6, 6.07) is 5.52. The molecule has 0 aromatic carbocycles. The van der Waals surface area contributed by atoms with Gasteiger partial charge < -0.3 is 4.43 Å². The Morgan fingerprint density at radius 2 is 2.21 bits per heavy atom. The monoisotopic (exact) mass is 228 g/mol. The lowest BCUT2D eigenvalue weighted by Crippen LogP contribution is -2.29. The smallest absolute Gasteiger partial charge is 0.187 e. The van der Waals surface area contributed by atoms with Crippen LogP contribution in [0.2, 0.25) is 19.1 Å². The molecule has 0 saturated carbocycles. The molecule has 0 unspecified atom stereocenters. The highest BCUT2D eigenvalue weighted by molar-refractivity contribution is 7.09. The van der Waals surface area contributed by atoms with Crippen LogP contribution in [0.15, 0.2) is 17.5 Å². The van der Waals surface area contributed by atoms with Gasteiger partial charge in [0.05, 0.1) is 6.61 Å². The van der Waals surface area contributed by atoms with Gasteiger partial charge in [0.25, 0.3) is 0 Å². The maximum Gasteiger partial charge on any atom is 0.187 e. The van der Waals surface area contributed by atoms with Gasteiger partial charge in [-0.3, -0.25) is 0 Å². The second kappa shape index (κ2) is 5.68. The fourth-order valence-electron chi connectivity index (χ4n) is 1.34. The zero-order valence-electron chi connectivity index (χ0n) is 9.38. The van der Waals surface area contributed by atoms with Gasteiger partial charge >= 0.3 is 0 Å². The molecular weight excluding hydrogens is 208 g/mol. The van der Waals surface area contributed by atoms with Crippen LogP contribution >= 0.6 is 11.3 Å². The minimum absolute atomic E-state index is 0.820. The number of rotatable bonds is 6. The van der Waals surface area contributed by atoms with E-state index < -0.39 is 8.32 Å². The highest BCUT2D eigenvalue weighted by atomic mass is 32.1. The number of thiophene rings is 1. The molecule has 14 heavy (non-hydrogen) atoms. The van der Waals surface area contributed by atoms with Gasteiger partial charge in [-0.1, -0.05) is 25.8 Å². The fourth-order valence-corrected chi connectivity index (χ4v) is 3.95. The summed E-state index contributed by atoms with van der Waals surface area (Å²) in [7, 11) is -1.37. The van der Waals surface area contributed by atoms with E-state index in [1.54, 1.807) is 11.3 Å². The molecule has 1 aromatic rings. The molecule has 0 saturated heterocycles. The summed E-state index contributed by atoms with van der Waals surface area (Å²) >= 11 is 1.78. The van der Waals surface area contributed by atoms with Crippen LogP contribution in [0.1, 0.15) is 24.6 Å². The minimum atomic E-state index is -1.37.